The van der Waals surface area contributed by atoms with E-state index < -0.39 is 6.17 Å². The van der Waals surface area contributed by atoms with E-state index in [-0.39, 0.29) is 6.04 Å². The summed E-state index contributed by atoms with van der Waals surface area (Å²) < 4.78 is 14.0. The third-order valence-electron chi connectivity index (χ3n) is 3.04. The third-order valence-corrected chi connectivity index (χ3v) is 4.06. The number of hydrogen-bond donors (Lipinski definition) is 0. The Bertz CT molecular complexity index is 162. The molecule has 0 amide bonds. The second-order valence-electron chi connectivity index (χ2n) is 3.71. The van der Waals surface area contributed by atoms with Crippen LogP contribution in [0.4, 0.5) is 4.39 Å². The van der Waals surface area contributed by atoms with Crippen LogP contribution in [0.15, 0.2) is 0 Å². The maximum atomic E-state index is 13.3. The van der Waals surface area contributed by atoms with Gasteiger partial charge in [0.1, 0.15) is 6.17 Å². The van der Waals surface area contributed by atoms with E-state index in [4.69, 9.17) is 0 Å². The molecule has 2 aliphatic rings. The monoisotopic (exact) mass is 269 g/mol. The summed E-state index contributed by atoms with van der Waals surface area (Å²) in [7, 11) is 2.07. The average Bonchev–Trinajstić information content (AvgIpc) is 2.17. The number of hydrogen-bond acceptors (Lipinski definition) is 1. The van der Waals surface area contributed by atoms with Gasteiger partial charge in [-0.2, -0.15) is 0 Å². The van der Waals surface area contributed by atoms with Gasteiger partial charge in [-0.05, 0) is 26.3 Å². The maximum Gasteiger partial charge on any atom is 0.117 e. The zero-order valence-electron chi connectivity index (χ0n) is 6.63. The van der Waals surface area contributed by atoms with E-state index in [1.54, 1.807) is 0 Å². The molecule has 2 bridgehead atoms. The topological polar surface area (TPSA) is 3.24 Å². The molecule has 11 heavy (non-hydrogen) atoms. The Morgan fingerprint density at radius 2 is 2.09 bits per heavy atom. The molecule has 0 aliphatic carbocycles. The first-order valence-electron chi connectivity index (χ1n) is 4.18. The van der Waals surface area contributed by atoms with Gasteiger partial charge in [-0.1, -0.05) is 22.6 Å². The van der Waals surface area contributed by atoms with Crippen LogP contribution >= 0.6 is 22.6 Å². The van der Waals surface area contributed by atoms with Gasteiger partial charge in [0.25, 0.3) is 0 Å². The third kappa shape index (κ3) is 1.30. The van der Waals surface area contributed by atoms with Crippen LogP contribution in [0.1, 0.15) is 19.3 Å². The highest BCUT2D eigenvalue weighted by Gasteiger charge is 2.44. The predicted octanol–water partition coefficient (Wildman–Crippen LogP) is 1.99. The van der Waals surface area contributed by atoms with E-state index in [1.807, 2.05) is 0 Å². The molecule has 2 rings (SSSR count). The summed E-state index contributed by atoms with van der Waals surface area (Å²) in [5, 5.41) is 0. The van der Waals surface area contributed by atoms with Gasteiger partial charge in [0.05, 0.1) is 0 Å². The second kappa shape index (κ2) is 2.83. The molecule has 0 N–H and O–H groups in total. The number of rotatable bonds is 0. The number of fused-ring (bicyclic) bond motifs is 2. The molecule has 64 valence electrons. The van der Waals surface area contributed by atoms with E-state index in [2.05, 4.69) is 34.5 Å². The van der Waals surface area contributed by atoms with Gasteiger partial charge in [-0.3, -0.25) is 4.90 Å². The van der Waals surface area contributed by atoms with Crippen LogP contribution < -0.4 is 0 Å². The normalized spacial score (nSPS) is 51.5. The molecule has 0 aromatic carbocycles. The molecule has 2 fully saturated rings. The minimum Gasteiger partial charge on any atom is -0.297 e. The van der Waals surface area contributed by atoms with Crippen LogP contribution in [0.25, 0.3) is 0 Å². The van der Waals surface area contributed by atoms with Gasteiger partial charge >= 0.3 is 0 Å². The fraction of sp³-hybridized carbons (Fsp3) is 1.00. The lowest BCUT2D eigenvalue weighted by atomic mass is 10.0. The fourth-order valence-corrected chi connectivity index (χ4v) is 3.45. The largest absolute Gasteiger partial charge is 0.297 e. The van der Waals surface area contributed by atoms with Gasteiger partial charge in [-0.15, -0.1) is 0 Å². The lowest BCUT2D eigenvalue weighted by molar-refractivity contribution is 0.157. The summed E-state index contributed by atoms with van der Waals surface area (Å²) in [5.74, 6) is 0. The fourth-order valence-electron chi connectivity index (χ4n) is 2.34. The summed E-state index contributed by atoms with van der Waals surface area (Å²) in [6, 6.07) is 0.765. The molecule has 3 heteroatoms. The van der Waals surface area contributed by atoms with Crippen LogP contribution in [-0.2, 0) is 0 Å². The van der Waals surface area contributed by atoms with Crippen molar-refractivity contribution >= 4 is 22.6 Å². The molecule has 0 aromatic rings. The Balaban J connectivity index is 2.14. The van der Waals surface area contributed by atoms with Crippen molar-refractivity contribution in [3.63, 3.8) is 0 Å². The van der Waals surface area contributed by atoms with Crippen molar-refractivity contribution in [2.45, 2.75) is 41.4 Å². The second-order valence-corrected chi connectivity index (χ2v) is 5.47. The lowest BCUT2D eigenvalue weighted by Crippen LogP contribution is -2.41. The molecular weight excluding hydrogens is 256 g/mol. The Labute approximate surface area is 80.5 Å². The summed E-state index contributed by atoms with van der Waals surface area (Å²) in [6.45, 7) is 0. The van der Waals surface area contributed by atoms with E-state index in [1.165, 1.54) is 6.42 Å². The van der Waals surface area contributed by atoms with Crippen LogP contribution in [0, 0.1) is 0 Å². The van der Waals surface area contributed by atoms with Crippen molar-refractivity contribution < 1.29 is 4.39 Å². The zero-order chi connectivity index (χ0) is 8.01. The minimum absolute atomic E-state index is 0.232. The molecule has 0 saturated carbocycles. The molecule has 4 atom stereocenters. The van der Waals surface area contributed by atoms with Gasteiger partial charge in [0.15, 0.2) is 0 Å². The number of nitrogens with zero attached hydrogens (tertiary/aromatic N) is 1. The highest BCUT2D eigenvalue weighted by molar-refractivity contribution is 14.1. The summed E-state index contributed by atoms with van der Waals surface area (Å²) in [4.78, 5) is 2.24. The van der Waals surface area contributed by atoms with Crippen LogP contribution in [0.3, 0.4) is 0 Å². The Morgan fingerprint density at radius 1 is 1.36 bits per heavy atom. The summed E-state index contributed by atoms with van der Waals surface area (Å²) >= 11 is 2.45. The van der Waals surface area contributed by atoms with Crippen LogP contribution in [0.5, 0.6) is 0 Å². The van der Waals surface area contributed by atoms with E-state index in [0.29, 0.717) is 9.97 Å². The van der Waals surface area contributed by atoms with Gasteiger partial charge in [0, 0.05) is 16.0 Å². The molecule has 3 unspecified atom stereocenters. The molecular formula is C8H13FIN. The van der Waals surface area contributed by atoms with Crippen LogP contribution in [-0.4, -0.2) is 34.1 Å². The Morgan fingerprint density at radius 3 is 2.73 bits per heavy atom. The minimum atomic E-state index is -0.551. The lowest BCUT2D eigenvalue weighted by Gasteiger charge is -2.33. The SMILES string of the molecule is CN1C2CC(F)C1C[C@@H](I)C2. The van der Waals surface area contributed by atoms with Gasteiger partial charge < -0.3 is 0 Å². The zero-order valence-corrected chi connectivity index (χ0v) is 8.79. The Hall–Kier alpha value is 0.620. The van der Waals surface area contributed by atoms with Gasteiger partial charge in [0.2, 0.25) is 0 Å². The number of alkyl halides is 2. The molecule has 2 heterocycles. The molecule has 2 aliphatic heterocycles. The number of halogens is 2. The maximum absolute atomic E-state index is 13.3. The van der Waals surface area contributed by atoms with Crippen molar-refractivity contribution in [3.05, 3.63) is 0 Å². The van der Waals surface area contributed by atoms with E-state index in [0.717, 1.165) is 12.8 Å². The van der Waals surface area contributed by atoms with Crippen molar-refractivity contribution in [2.75, 3.05) is 7.05 Å². The quantitative estimate of drug-likeness (QED) is 0.480. The molecule has 0 radical (unpaired) electrons. The molecule has 0 aromatic heterocycles. The first-order chi connectivity index (χ1) is 5.18. The highest BCUT2D eigenvalue weighted by atomic mass is 127. The van der Waals surface area contributed by atoms with E-state index in [9.17, 15) is 4.39 Å². The predicted molar refractivity (Wildman–Crippen MR) is 51.9 cm³/mol. The van der Waals surface area contributed by atoms with Crippen molar-refractivity contribution in [3.8, 4) is 0 Å². The smallest absolute Gasteiger partial charge is 0.117 e. The number of piperidine rings is 1. The first kappa shape index (κ1) is 8.23. The molecule has 2 saturated heterocycles. The van der Waals surface area contributed by atoms with Crippen molar-refractivity contribution in [1.29, 1.82) is 0 Å². The molecule has 1 nitrogen and oxygen atoms in total. The van der Waals surface area contributed by atoms with Gasteiger partial charge in [-0.25, -0.2) is 4.39 Å². The van der Waals surface area contributed by atoms with Crippen molar-refractivity contribution in [1.82, 2.24) is 4.90 Å². The standard InChI is InChI=1S/C8H13FIN/c1-11-6-2-5(10)3-8(11)7(9)4-6/h5-8H,2-4H2,1H3/t5-,6?,7?,8?/m0/s1. The Kier molecular flexibility index (Phi) is 2.12. The summed E-state index contributed by atoms with van der Waals surface area (Å²) in [6.07, 6.45) is 2.47. The summed E-state index contributed by atoms with van der Waals surface area (Å²) in [5.41, 5.74) is 0. The van der Waals surface area contributed by atoms with E-state index >= 15 is 0 Å². The average molecular weight is 269 g/mol. The van der Waals surface area contributed by atoms with Crippen LogP contribution in [0.2, 0.25) is 0 Å². The molecule has 0 spiro atoms. The first-order valence-corrected chi connectivity index (χ1v) is 5.43. The highest BCUT2D eigenvalue weighted by Crippen LogP contribution is 2.38. The van der Waals surface area contributed by atoms with Crippen molar-refractivity contribution in [2.24, 2.45) is 0 Å².